The van der Waals surface area contributed by atoms with E-state index in [1.165, 1.54) is 24.0 Å². The monoisotopic (exact) mass is 358 g/mol. The zero-order valence-corrected chi connectivity index (χ0v) is 14.9. The first-order chi connectivity index (χ1) is 12.5. The van der Waals surface area contributed by atoms with E-state index in [2.05, 4.69) is 10.7 Å². The van der Waals surface area contributed by atoms with Crippen LogP contribution in [0, 0.1) is 12.3 Å². The summed E-state index contributed by atoms with van der Waals surface area (Å²) in [6, 6.07) is 6.49. The number of terminal acetylenes is 1. The van der Waals surface area contributed by atoms with E-state index in [4.69, 9.17) is 11.2 Å². The zero-order chi connectivity index (χ0) is 19.1. The largest absolute Gasteiger partial charge is 0.469 e. The van der Waals surface area contributed by atoms with Gasteiger partial charge in [0.15, 0.2) is 0 Å². The van der Waals surface area contributed by atoms with Gasteiger partial charge in [0.25, 0.3) is 0 Å². The van der Waals surface area contributed by atoms with Gasteiger partial charge in [0, 0.05) is 19.5 Å². The van der Waals surface area contributed by atoms with Gasteiger partial charge in [-0.2, -0.15) is 0 Å². The van der Waals surface area contributed by atoms with Crippen molar-refractivity contribution in [3.05, 3.63) is 35.4 Å². The molecule has 1 aromatic rings. The molecule has 1 aliphatic rings. The molecule has 2 rings (SSSR count). The van der Waals surface area contributed by atoms with Gasteiger partial charge in [-0.15, -0.1) is 6.42 Å². The molecule has 0 saturated carbocycles. The van der Waals surface area contributed by atoms with Crippen molar-refractivity contribution in [3.8, 4) is 12.3 Å². The molecule has 0 spiro atoms. The molecular weight excluding hydrogens is 336 g/mol. The number of rotatable bonds is 5. The van der Waals surface area contributed by atoms with Crippen molar-refractivity contribution in [1.29, 1.82) is 0 Å². The number of methoxy groups -OCH3 is 2. The van der Waals surface area contributed by atoms with E-state index < -0.39 is 24.0 Å². The van der Waals surface area contributed by atoms with E-state index in [1.807, 2.05) is 24.3 Å². The lowest BCUT2D eigenvalue weighted by Gasteiger charge is -2.38. The number of hydrogen-bond acceptors (Lipinski definition) is 5. The first-order valence-electron chi connectivity index (χ1n) is 8.22. The van der Waals surface area contributed by atoms with Crippen LogP contribution < -0.4 is 0 Å². The maximum absolute atomic E-state index is 13.0. The van der Waals surface area contributed by atoms with Crippen molar-refractivity contribution in [1.82, 2.24) is 9.80 Å². The molecule has 1 atom stereocenters. The summed E-state index contributed by atoms with van der Waals surface area (Å²) in [4.78, 5) is 39.5. The summed E-state index contributed by atoms with van der Waals surface area (Å²) in [5.41, 5.74) is 1.97. The van der Waals surface area contributed by atoms with Gasteiger partial charge in [-0.1, -0.05) is 30.2 Å². The molecule has 0 aliphatic carbocycles. The van der Waals surface area contributed by atoms with Gasteiger partial charge < -0.3 is 19.3 Å². The third-order valence-electron chi connectivity index (χ3n) is 4.33. The standard InChI is InChI=1S/C19H22N2O5/c1-4-10-20(11-9-17(22)25-2)19(24)21-13-15-8-6-5-7-14(15)12-16(21)18(23)26-3/h1,5-8,16H,9-13H2,2-3H3. The van der Waals surface area contributed by atoms with Gasteiger partial charge >= 0.3 is 18.0 Å². The number of amides is 2. The normalized spacial score (nSPS) is 15.4. The Morgan fingerprint density at radius 3 is 2.54 bits per heavy atom. The van der Waals surface area contributed by atoms with Crippen LogP contribution in [0.2, 0.25) is 0 Å². The molecule has 138 valence electrons. The fourth-order valence-corrected chi connectivity index (χ4v) is 2.93. The van der Waals surface area contributed by atoms with Gasteiger partial charge in [-0.25, -0.2) is 9.59 Å². The minimum Gasteiger partial charge on any atom is -0.469 e. The minimum absolute atomic E-state index is 0.0250. The quantitative estimate of drug-likeness (QED) is 0.584. The summed E-state index contributed by atoms with van der Waals surface area (Å²) in [6.45, 7) is 0.414. The number of benzene rings is 1. The highest BCUT2D eigenvalue weighted by Crippen LogP contribution is 2.25. The van der Waals surface area contributed by atoms with Crippen LogP contribution in [-0.4, -0.2) is 61.1 Å². The molecule has 2 amide bonds. The molecule has 1 aliphatic heterocycles. The highest BCUT2D eigenvalue weighted by molar-refractivity contribution is 5.85. The molecule has 1 aromatic carbocycles. The van der Waals surface area contributed by atoms with Crippen LogP contribution >= 0.6 is 0 Å². The molecule has 1 heterocycles. The molecule has 0 aromatic heterocycles. The van der Waals surface area contributed by atoms with Crippen LogP contribution in [0.1, 0.15) is 17.5 Å². The third kappa shape index (κ3) is 4.33. The number of fused-ring (bicyclic) bond motifs is 1. The first kappa shape index (κ1) is 19.3. The third-order valence-corrected chi connectivity index (χ3v) is 4.33. The van der Waals surface area contributed by atoms with E-state index in [9.17, 15) is 14.4 Å². The van der Waals surface area contributed by atoms with E-state index in [1.54, 1.807) is 0 Å². The second kappa shape index (κ2) is 8.90. The van der Waals surface area contributed by atoms with Crippen LogP contribution in [0.15, 0.2) is 24.3 Å². The average molecular weight is 358 g/mol. The van der Waals surface area contributed by atoms with Crippen molar-refractivity contribution in [2.75, 3.05) is 27.3 Å². The molecule has 0 fully saturated rings. The number of carbonyl (C=O) groups is 3. The number of hydrogen-bond donors (Lipinski definition) is 0. The summed E-state index contributed by atoms with van der Waals surface area (Å²) < 4.78 is 9.49. The number of carbonyl (C=O) groups excluding carboxylic acids is 3. The van der Waals surface area contributed by atoms with Crippen molar-refractivity contribution < 1.29 is 23.9 Å². The Morgan fingerprint density at radius 1 is 1.23 bits per heavy atom. The highest BCUT2D eigenvalue weighted by Gasteiger charge is 2.37. The minimum atomic E-state index is -0.735. The average Bonchev–Trinajstić information content (AvgIpc) is 2.68. The second-order valence-corrected chi connectivity index (χ2v) is 5.87. The molecule has 7 heteroatoms. The Balaban J connectivity index is 2.25. The predicted molar refractivity (Wildman–Crippen MR) is 93.9 cm³/mol. The Morgan fingerprint density at radius 2 is 1.92 bits per heavy atom. The van der Waals surface area contributed by atoms with E-state index in [-0.39, 0.29) is 26.1 Å². The molecule has 0 bridgehead atoms. The summed E-state index contributed by atoms with van der Waals surface area (Å²) in [5, 5.41) is 0. The number of urea groups is 1. The van der Waals surface area contributed by atoms with Crippen LogP contribution in [0.5, 0.6) is 0 Å². The van der Waals surface area contributed by atoms with Crippen LogP contribution in [0.3, 0.4) is 0 Å². The number of nitrogens with zero attached hydrogens (tertiary/aromatic N) is 2. The smallest absolute Gasteiger partial charge is 0.329 e. The van der Waals surface area contributed by atoms with E-state index >= 15 is 0 Å². The fourth-order valence-electron chi connectivity index (χ4n) is 2.93. The van der Waals surface area contributed by atoms with Crippen LogP contribution in [-0.2, 0) is 32.0 Å². The SMILES string of the molecule is C#CCN(CCC(=O)OC)C(=O)N1Cc2ccccc2CC1C(=O)OC. The van der Waals surface area contributed by atoms with Gasteiger partial charge in [0.05, 0.1) is 27.2 Å². The lowest BCUT2D eigenvalue weighted by atomic mass is 9.94. The topological polar surface area (TPSA) is 76.2 Å². The van der Waals surface area contributed by atoms with Crippen molar-refractivity contribution >= 4 is 18.0 Å². The van der Waals surface area contributed by atoms with E-state index in [0.717, 1.165) is 11.1 Å². The lowest BCUT2D eigenvalue weighted by molar-refractivity contribution is -0.147. The summed E-state index contributed by atoms with van der Waals surface area (Å²) in [6.07, 6.45) is 5.76. The molecular formula is C19H22N2O5. The summed E-state index contributed by atoms with van der Waals surface area (Å²) in [7, 11) is 2.58. The molecule has 7 nitrogen and oxygen atoms in total. The Bertz CT molecular complexity index is 725. The summed E-state index contributed by atoms with van der Waals surface area (Å²) >= 11 is 0. The molecule has 0 radical (unpaired) electrons. The Kier molecular flexibility index (Phi) is 6.61. The van der Waals surface area contributed by atoms with Crippen molar-refractivity contribution in [3.63, 3.8) is 0 Å². The maximum atomic E-state index is 13.0. The van der Waals surface area contributed by atoms with Crippen molar-refractivity contribution in [2.24, 2.45) is 0 Å². The Labute approximate surface area is 152 Å². The van der Waals surface area contributed by atoms with Crippen molar-refractivity contribution in [2.45, 2.75) is 25.4 Å². The molecule has 0 saturated heterocycles. The highest BCUT2D eigenvalue weighted by atomic mass is 16.5. The molecule has 0 N–H and O–H groups in total. The van der Waals surface area contributed by atoms with Gasteiger partial charge in [-0.05, 0) is 11.1 Å². The van der Waals surface area contributed by atoms with Gasteiger partial charge in [0.2, 0.25) is 0 Å². The zero-order valence-electron chi connectivity index (χ0n) is 14.9. The second-order valence-electron chi connectivity index (χ2n) is 5.87. The fraction of sp³-hybridized carbons (Fsp3) is 0.421. The summed E-state index contributed by atoms with van der Waals surface area (Å²) in [5.74, 6) is 1.50. The lowest BCUT2D eigenvalue weighted by Crippen LogP contribution is -2.54. The van der Waals surface area contributed by atoms with Crippen LogP contribution in [0.4, 0.5) is 4.79 Å². The van der Waals surface area contributed by atoms with E-state index in [0.29, 0.717) is 6.42 Å². The number of esters is 2. The van der Waals surface area contributed by atoms with Crippen LogP contribution in [0.25, 0.3) is 0 Å². The predicted octanol–water partition coefficient (Wildman–Crippen LogP) is 1.20. The number of ether oxygens (including phenoxy) is 2. The molecule has 26 heavy (non-hydrogen) atoms. The first-order valence-corrected chi connectivity index (χ1v) is 8.22. The van der Waals surface area contributed by atoms with Gasteiger partial charge in [0.1, 0.15) is 6.04 Å². The Hall–Kier alpha value is -3.01. The van der Waals surface area contributed by atoms with Gasteiger partial charge in [-0.3, -0.25) is 4.79 Å². The maximum Gasteiger partial charge on any atom is 0.329 e. The molecule has 1 unspecified atom stereocenters.